The lowest BCUT2D eigenvalue weighted by Crippen LogP contribution is -2.05. The molecule has 0 radical (unpaired) electrons. The first kappa shape index (κ1) is 10.5. The molecule has 0 bridgehead atoms. The molecule has 0 heterocycles. The zero-order valence-electron chi connectivity index (χ0n) is 7.86. The monoisotopic (exact) mass is 196 g/mol. The van der Waals surface area contributed by atoms with Gasteiger partial charge in [-0.15, -0.1) is 0 Å². The van der Waals surface area contributed by atoms with Crippen LogP contribution in [0.5, 0.6) is 5.75 Å². The summed E-state index contributed by atoms with van der Waals surface area (Å²) >= 11 is 0. The van der Waals surface area contributed by atoms with Crippen LogP contribution in [0.15, 0.2) is 18.2 Å². The molecule has 0 saturated carbocycles. The van der Waals surface area contributed by atoms with Gasteiger partial charge in [-0.05, 0) is 30.7 Å². The van der Waals surface area contributed by atoms with Gasteiger partial charge in [0.15, 0.2) is 0 Å². The van der Waals surface area contributed by atoms with Crippen LogP contribution in [0.4, 0.5) is 0 Å². The van der Waals surface area contributed by atoms with Gasteiger partial charge in [-0.25, -0.2) is 4.79 Å². The second-order valence-corrected chi connectivity index (χ2v) is 2.77. The van der Waals surface area contributed by atoms with E-state index in [0.29, 0.717) is 5.56 Å². The molecule has 0 aliphatic carbocycles. The van der Waals surface area contributed by atoms with E-state index in [1.807, 2.05) is 0 Å². The van der Waals surface area contributed by atoms with Gasteiger partial charge in [-0.3, -0.25) is 0 Å². The fourth-order valence-corrected chi connectivity index (χ4v) is 1.10. The van der Waals surface area contributed by atoms with Crippen molar-refractivity contribution in [3.63, 3.8) is 0 Å². The number of phenolic OH excluding ortho intramolecular Hbond substituents is 1. The highest BCUT2D eigenvalue weighted by atomic mass is 16.5. The molecule has 2 N–H and O–H groups in total. The maximum Gasteiger partial charge on any atom is 0.338 e. The van der Waals surface area contributed by atoms with Gasteiger partial charge >= 0.3 is 5.97 Å². The molecule has 4 heteroatoms. The largest absolute Gasteiger partial charge is 0.508 e. The van der Waals surface area contributed by atoms with Gasteiger partial charge in [0, 0.05) is 0 Å². The van der Waals surface area contributed by atoms with Gasteiger partial charge in [0.1, 0.15) is 5.75 Å². The fourth-order valence-electron chi connectivity index (χ4n) is 1.10. The summed E-state index contributed by atoms with van der Waals surface area (Å²) in [5, 5.41) is 18.1. The Bertz CT molecular complexity index is 333. The summed E-state index contributed by atoms with van der Waals surface area (Å²) in [5.41, 5.74) is 0.726. The zero-order valence-corrected chi connectivity index (χ0v) is 7.86. The summed E-state index contributed by atoms with van der Waals surface area (Å²) in [6.45, 7) is 1.76. The SMILES string of the molecule is CCOC(=O)c1cc(O)cc(CO)c1. The maximum absolute atomic E-state index is 11.3. The Balaban J connectivity index is 2.96. The van der Waals surface area contributed by atoms with E-state index in [1.54, 1.807) is 6.92 Å². The van der Waals surface area contributed by atoms with Crippen LogP contribution in [0.2, 0.25) is 0 Å². The van der Waals surface area contributed by atoms with Crippen LogP contribution in [-0.4, -0.2) is 22.8 Å². The van der Waals surface area contributed by atoms with Gasteiger partial charge in [-0.2, -0.15) is 0 Å². The zero-order chi connectivity index (χ0) is 10.6. The van der Waals surface area contributed by atoms with E-state index in [9.17, 15) is 9.90 Å². The minimum atomic E-state index is -0.502. The van der Waals surface area contributed by atoms with Crippen molar-refractivity contribution in [1.29, 1.82) is 0 Å². The quantitative estimate of drug-likeness (QED) is 0.709. The highest BCUT2D eigenvalue weighted by molar-refractivity contribution is 5.90. The van der Waals surface area contributed by atoms with Crippen LogP contribution in [-0.2, 0) is 11.3 Å². The molecule has 1 rings (SSSR count). The average molecular weight is 196 g/mol. The average Bonchev–Trinajstić information content (AvgIpc) is 2.17. The number of hydrogen-bond donors (Lipinski definition) is 2. The number of phenols is 1. The van der Waals surface area contributed by atoms with E-state index in [0.717, 1.165) is 0 Å². The fraction of sp³-hybridized carbons (Fsp3) is 0.300. The number of carbonyl (C=O) groups is 1. The van der Waals surface area contributed by atoms with Crippen LogP contribution in [0, 0.1) is 0 Å². The van der Waals surface area contributed by atoms with Crippen LogP contribution in [0.25, 0.3) is 0 Å². The Kier molecular flexibility index (Phi) is 3.48. The Morgan fingerprint density at radius 1 is 1.43 bits per heavy atom. The second-order valence-electron chi connectivity index (χ2n) is 2.77. The van der Waals surface area contributed by atoms with Crippen LogP contribution >= 0.6 is 0 Å². The van der Waals surface area contributed by atoms with Crippen molar-refractivity contribution in [2.75, 3.05) is 6.61 Å². The molecule has 0 aromatic heterocycles. The van der Waals surface area contributed by atoms with E-state index in [2.05, 4.69) is 0 Å². The molecule has 76 valence electrons. The molecule has 1 aromatic carbocycles. The highest BCUT2D eigenvalue weighted by Crippen LogP contribution is 2.16. The first-order chi connectivity index (χ1) is 6.67. The molecule has 0 unspecified atom stereocenters. The van der Waals surface area contributed by atoms with Gasteiger partial charge in [0.2, 0.25) is 0 Å². The lowest BCUT2D eigenvalue weighted by molar-refractivity contribution is 0.0525. The third-order valence-electron chi connectivity index (χ3n) is 1.67. The summed E-state index contributed by atoms with van der Waals surface area (Å²) in [5.74, 6) is -0.558. The lowest BCUT2D eigenvalue weighted by atomic mass is 10.1. The number of benzene rings is 1. The maximum atomic E-state index is 11.3. The Morgan fingerprint density at radius 3 is 2.71 bits per heavy atom. The third kappa shape index (κ3) is 2.47. The number of esters is 1. The molecule has 1 aromatic rings. The molecule has 4 nitrogen and oxygen atoms in total. The van der Waals surface area contributed by atoms with Gasteiger partial charge in [0.05, 0.1) is 18.8 Å². The Labute approximate surface area is 81.8 Å². The van der Waals surface area contributed by atoms with E-state index >= 15 is 0 Å². The predicted octanol–water partition coefficient (Wildman–Crippen LogP) is 1.06. The normalized spacial score (nSPS) is 9.86. The van der Waals surface area contributed by atoms with Crippen molar-refractivity contribution < 1.29 is 19.7 Å². The molecule has 0 saturated heterocycles. The number of carbonyl (C=O) groups excluding carboxylic acids is 1. The summed E-state index contributed by atoms with van der Waals surface area (Å²) < 4.78 is 4.75. The summed E-state index contributed by atoms with van der Waals surface area (Å²) in [6, 6.07) is 4.18. The van der Waals surface area contributed by atoms with Crippen molar-refractivity contribution in [3.8, 4) is 5.75 Å². The molecule has 0 spiro atoms. The smallest absolute Gasteiger partial charge is 0.338 e. The molecule has 14 heavy (non-hydrogen) atoms. The number of hydrogen-bond acceptors (Lipinski definition) is 4. The minimum Gasteiger partial charge on any atom is -0.508 e. The van der Waals surface area contributed by atoms with Crippen molar-refractivity contribution in [1.82, 2.24) is 0 Å². The van der Waals surface area contributed by atoms with Gasteiger partial charge in [-0.1, -0.05) is 0 Å². The van der Waals surface area contributed by atoms with Crippen molar-refractivity contribution >= 4 is 5.97 Å². The van der Waals surface area contributed by atoms with Crippen LogP contribution in [0.3, 0.4) is 0 Å². The minimum absolute atomic E-state index is 0.0559. The number of rotatable bonds is 3. The first-order valence-electron chi connectivity index (χ1n) is 4.28. The molecule has 0 atom stereocenters. The predicted molar refractivity (Wildman–Crippen MR) is 50.0 cm³/mol. The molecule has 0 amide bonds. The number of aliphatic hydroxyl groups excluding tert-OH is 1. The molecule has 0 aliphatic rings. The lowest BCUT2D eigenvalue weighted by Gasteiger charge is -2.04. The van der Waals surface area contributed by atoms with Gasteiger partial charge in [0.25, 0.3) is 0 Å². The van der Waals surface area contributed by atoms with Crippen LogP contribution < -0.4 is 0 Å². The van der Waals surface area contributed by atoms with E-state index < -0.39 is 5.97 Å². The molecule has 0 fully saturated rings. The second kappa shape index (κ2) is 4.62. The summed E-state index contributed by atoms with van der Waals surface area (Å²) in [6.07, 6.45) is 0. The van der Waals surface area contributed by atoms with E-state index in [-0.39, 0.29) is 24.5 Å². The number of ether oxygens (including phenoxy) is 1. The Morgan fingerprint density at radius 2 is 2.14 bits per heavy atom. The standard InChI is InChI=1S/C10H12O4/c1-2-14-10(13)8-3-7(6-11)4-9(12)5-8/h3-5,11-12H,2,6H2,1H3. The third-order valence-corrected chi connectivity index (χ3v) is 1.67. The summed E-state index contributed by atoms with van der Waals surface area (Å²) in [7, 11) is 0. The topological polar surface area (TPSA) is 66.8 Å². The van der Waals surface area contributed by atoms with E-state index in [4.69, 9.17) is 9.84 Å². The number of aromatic hydroxyl groups is 1. The number of aliphatic hydroxyl groups is 1. The van der Waals surface area contributed by atoms with Crippen molar-refractivity contribution in [2.45, 2.75) is 13.5 Å². The van der Waals surface area contributed by atoms with Crippen molar-refractivity contribution in [2.24, 2.45) is 0 Å². The summed E-state index contributed by atoms with van der Waals surface area (Å²) in [4.78, 5) is 11.3. The molecular formula is C10H12O4. The first-order valence-corrected chi connectivity index (χ1v) is 4.28. The van der Waals surface area contributed by atoms with Crippen molar-refractivity contribution in [3.05, 3.63) is 29.3 Å². The van der Waals surface area contributed by atoms with E-state index in [1.165, 1.54) is 18.2 Å². The highest BCUT2D eigenvalue weighted by Gasteiger charge is 2.08. The molecular weight excluding hydrogens is 184 g/mol. The van der Waals surface area contributed by atoms with Crippen LogP contribution in [0.1, 0.15) is 22.8 Å². The molecule has 0 aliphatic heterocycles. The van der Waals surface area contributed by atoms with Gasteiger partial charge < -0.3 is 14.9 Å². The Hall–Kier alpha value is -1.55.